The van der Waals surface area contributed by atoms with Gasteiger partial charge in [0, 0.05) is 59.7 Å². The van der Waals surface area contributed by atoms with Gasteiger partial charge in [-0.1, -0.05) is 104 Å². The first kappa shape index (κ1) is 24.2. The topological polar surface area (TPSA) is 44.1 Å². The van der Waals surface area contributed by atoms with E-state index in [9.17, 15) is 4.79 Å². The fourth-order valence-corrected chi connectivity index (χ4v) is 3.25. The van der Waals surface area contributed by atoms with E-state index >= 15 is 0 Å². The number of rotatable bonds is 4. The van der Waals surface area contributed by atoms with Gasteiger partial charge in [-0.3, -0.25) is 0 Å². The Morgan fingerprint density at radius 1 is 1.00 bits per heavy atom. The van der Waals surface area contributed by atoms with E-state index < -0.39 is 0 Å². The second-order valence-corrected chi connectivity index (χ2v) is 6.51. The SMILES string of the molecule is CC.COC(=O)c1cc(C)c2n[c-]n(Cc3ccc(-c4ccccc4)cc3)c2c1.[Pr]. The van der Waals surface area contributed by atoms with Crippen LogP contribution in [0, 0.1) is 54.5 Å². The zero-order valence-corrected chi connectivity index (χ0v) is 21.6. The molecule has 0 fully saturated rings. The fourth-order valence-electron chi connectivity index (χ4n) is 3.25. The molecular weight excluding hydrogens is 501 g/mol. The quantitative estimate of drug-likeness (QED) is 0.254. The van der Waals surface area contributed by atoms with Gasteiger partial charge >= 0.3 is 5.97 Å². The maximum absolute atomic E-state index is 11.9. The van der Waals surface area contributed by atoms with Gasteiger partial charge in [-0.05, 0) is 16.7 Å². The second-order valence-electron chi connectivity index (χ2n) is 6.51. The van der Waals surface area contributed by atoms with Crippen LogP contribution in [0.4, 0.5) is 0 Å². The number of carbonyl (C=O) groups excluding carboxylic acids is 1. The van der Waals surface area contributed by atoms with Gasteiger partial charge in [0.25, 0.3) is 0 Å². The predicted molar refractivity (Wildman–Crippen MR) is 117 cm³/mol. The van der Waals surface area contributed by atoms with Crippen molar-refractivity contribution < 1.29 is 50.8 Å². The van der Waals surface area contributed by atoms with Gasteiger partial charge in [0.1, 0.15) is 0 Å². The number of aryl methyl sites for hydroxylation is 1. The molecule has 4 nitrogen and oxygen atoms in total. The molecule has 1 aromatic heterocycles. The van der Waals surface area contributed by atoms with Crippen LogP contribution in [0.1, 0.15) is 35.3 Å². The number of hydrogen-bond donors (Lipinski definition) is 0. The van der Waals surface area contributed by atoms with Crippen molar-refractivity contribution >= 4 is 17.0 Å². The Balaban J connectivity index is 0.00000104. The molecule has 0 aliphatic carbocycles. The average Bonchev–Trinajstić information content (AvgIpc) is 3.19. The molecule has 0 aliphatic rings. The van der Waals surface area contributed by atoms with Gasteiger partial charge in [-0.15, -0.1) is 0 Å². The zero-order valence-electron chi connectivity index (χ0n) is 17.8. The number of fused-ring (bicyclic) bond motifs is 1. The van der Waals surface area contributed by atoms with Crippen molar-refractivity contribution in [1.29, 1.82) is 0 Å². The van der Waals surface area contributed by atoms with Crippen molar-refractivity contribution in [2.24, 2.45) is 0 Å². The molecule has 0 saturated carbocycles. The minimum atomic E-state index is -0.347. The van der Waals surface area contributed by atoms with E-state index in [4.69, 9.17) is 4.74 Å². The first-order valence-corrected chi connectivity index (χ1v) is 9.77. The Kier molecular flexibility index (Phi) is 9.19. The van der Waals surface area contributed by atoms with Gasteiger partial charge in [0.15, 0.2) is 0 Å². The van der Waals surface area contributed by atoms with Crippen molar-refractivity contribution in [3.63, 3.8) is 0 Å². The third-order valence-corrected chi connectivity index (χ3v) is 4.68. The summed E-state index contributed by atoms with van der Waals surface area (Å²) in [6, 6.07) is 22.4. The summed E-state index contributed by atoms with van der Waals surface area (Å²) in [5.41, 5.74) is 6.71. The summed E-state index contributed by atoms with van der Waals surface area (Å²) in [6.07, 6.45) is 3.05. The van der Waals surface area contributed by atoms with E-state index in [1.165, 1.54) is 18.2 Å². The molecule has 0 spiro atoms. The largest absolute Gasteiger partial charge is 0.465 e. The normalized spacial score (nSPS) is 10.0. The summed E-state index contributed by atoms with van der Waals surface area (Å²) in [5, 5.41) is 0. The van der Waals surface area contributed by atoms with Crippen molar-refractivity contribution in [1.82, 2.24) is 9.55 Å². The number of carbonyl (C=O) groups is 1. The molecule has 5 heteroatoms. The maximum Gasteiger partial charge on any atom is 0.336 e. The smallest absolute Gasteiger partial charge is 0.336 e. The third kappa shape index (κ3) is 5.36. The van der Waals surface area contributed by atoms with Gasteiger partial charge in [-0.25, -0.2) is 4.79 Å². The molecule has 4 aromatic rings. The molecule has 0 bridgehead atoms. The van der Waals surface area contributed by atoms with E-state index in [2.05, 4.69) is 47.7 Å². The molecule has 0 saturated heterocycles. The summed E-state index contributed by atoms with van der Waals surface area (Å²) >= 11 is 0. The molecule has 30 heavy (non-hydrogen) atoms. The fraction of sp³-hybridized carbons (Fsp3) is 0.200. The molecule has 151 valence electrons. The molecule has 0 atom stereocenters. The molecule has 0 unspecified atom stereocenters. The first-order valence-electron chi connectivity index (χ1n) is 9.77. The summed E-state index contributed by atoms with van der Waals surface area (Å²) in [6.45, 7) is 6.57. The van der Waals surface area contributed by atoms with E-state index in [1.807, 2.05) is 49.6 Å². The molecule has 1 heterocycles. The van der Waals surface area contributed by atoms with Crippen molar-refractivity contribution in [2.45, 2.75) is 27.3 Å². The van der Waals surface area contributed by atoms with Crippen LogP contribution in [0.15, 0.2) is 66.7 Å². The summed E-state index contributed by atoms with van der Waals surface area (Å²) < 4.78 is 6.79. The van der Waals surface area contributed by atoms with Crippen LogP contribution in [0.25, 0.3) is 22.2 Å². The van der Waals surface area contributed by atoms with Crippen molar-refractivity contribution in [3.05, 3.63) is 89.7 Å². The molecule has 0 amide bonds. The molecule has 3 aromatic carbocycles. The van der Waals surface area contributed by atoms with Crippen LogP contribution in [0.2, 0.25) is 0 Å². The molecule has 4 rings (SSSR count). The van der Waals surface area contributed by atoms with Crippen molar-refractivity contribution in [2.75, 3.05) is 7.11 Å². The Hall–Kier alpha value is -2.04. The van der Waals surface area contributed by atoms with Gasteiger partial charge in [0.05, 0.1) is 7.11 Å². The minimum Gasteiger partial charge on any atom is -0.465 e. The summed E-state index contributed by atoms with van der Waals surface area (Å²) in [5.74, 6) is -0.347. The Bertz CT molecular complexity index is 1100. The van der Waals surface area contributed by atoms with E-state index in [-0.39, 0.29) is 47.3 Å². The second kappa shape index (κ2) is 11.4. The van der Waals surface area contributed by atoms with Crippen LogP contribution in [0.5, 0.6) is 0 Å². The van der Waals surface area contributed by atoms with E-state index in [1.54, 1.807) is 6.07 Å². The van der Waals surface area contributed by atoms with Crippen LogP contribution >= 0.6 is 0 Å². The maximum atomic E-state index is 11.9. The van der Waals surface area contributed by atoms with Crippen LogP contribution in [-0.4, -0.2) is 22.6 Å². The Morgan fingerprint density at radius 2 is 1.63 bits per heavy atom. The van der Waals surface area contributed by atoms with Gasteiger partial charge in [0.2, 0.25) is 0 Å². The van der Waals surface area contributed by atoms with Gasteiger partial charge in [-0.2, -0.15) is 0 Å². The number of benzene rings is 3. The summed E-state index contributed by atoms with van der Waals surface area (Å²) in [7, 11) is 1.39. The average molecular weight is 526 g/mol. The minimum absolute atomic E-state index is 0. The molecular formula is C25H25N2O2Pr-. The number of esters is 1. The van der Waals surface area contributed by atoms with E-state index in [0.29, 0.717) is 12.1 Å². The monoisotopic (exact) mass is 526 g/mol. The van der Waals surface area contributed by atoms with Gasteiger partial charge < -0.3 is 14.3 Å². The number of imidazole rings is 1. The standard InChI is InChI=1S/C23H19N2O2.C2H6.Pr/c1-16-12-20(23(26)27-2)13-21-22(16)24-15-25(21)14-17-8-10-19(11-9-17)18-6-4-3-5-7-18;1-2;/h3-13H,14H2,1-2H3;1-2H3;/q-1;;. The molecule has 0 aliphatic heterocycles. The van der Waals surface area contributed by atoms with Crippen LogP contribution < -0.4 is 0 Å². The van der Waals surface area contributed by atoms with Crippen molar-refractivity contribution in [3.8, 4) is 11.1 Å². The van der Waals surface area contributed by atoms with Crippen LogP contribution in [0.3, 0.4) is 0 Å². The number of methoxy groups -OCH3 is 1. The number of ether oxygens (including phenoxy) is 1. The number of nitrogens with zero attached hydrogens (tertiary/aromatic N) is 2. The molecule has 0 N–H and O–H groups in total. The predicted octanol–water partition coefficient (Wildman–Crippen LogP) is 5.67. The summed E-state index contributed by atoms with van der Waals surface area (Å²) in [4.78, 5) is 16.3. The number of aromatic nitrogens is 2. The zero-order chi connectivity index (χ0) is 20.8. The van der Waals surface area contributed by atoms with Crippen LogP contribution in [-0.2, 0) is 11.3 Å². The Morgan fingerprint density at radius 3 is 2.27 bits per heavy atom. The third-order valence-electron chi connectivity index (χ3n) is 4.68. The first-order chi connectivity index (χ1) is 14.2. The molecule has 1 radical (unpaired) electrons. The number of hydrogen-bond acceptors (Lipinski definition) is 3. The van der Waals surface area contributed by atoms with E-state index in [0.717, 1.165) is 22.2 Å². The Labute approximate surface area is 211 Å².